The van der Waals surface area contributed by atoms with Gasteiger partial charge in [-0.05, 0) is 0 Å². The third kappa shape index (κ3) is 10.1. The Labute approximate surface area is 131 Å². The van der Waals surface area contributed by atoms with E-state index in [1.165, 1.54) is 0 Å². The number of amides is 2. The molecule has 114 valence electrons. The summed E-state index contributed by atoms with van der Waals surface area (Å²) in [4.78, 5) is 28.0. The molecule has 8 nitrogen and oxygen atoms in total. The molecule has 0 aromatic heterocycles. The average molecular weight is 366 g/mol. The van der Waals surface area contributed by atoms with E-state index in [1.807, 2.05) is 0 Å². The average Bonchev–Trinajstić information content (AvgIpc) is 2.97. The summed E-state index contributed by atoms with van der Waals surface area (Å²) in [7, 11) is 7.36. The first kappa shape index (κ1) is 19.3. The van der Waals surface area contributed by atoms with E-state index in [2.05, 4.69) is 42.0 Å². The number of halogens is 3. The molecule has 0 saturated carbocycles. The smallest absolute Gasteiger partial charge is 0.247 e. The first-order valence-electron chi connectivity index (χ1n) is 4.96. The molecule has 0 saturated heterocycles. The van der Waals surface area contributed by atoms with Crippen molar-refractivity contribution in [2.75, 3.05) is 25.6 Å². The Bertz CT molecular complexity index is 405. The molecule has 0 aliphatic carbocycles. The zero-order chi connectivity index (χ0) is 15.5. The summed E-state index contributed by atoms with van der Waals surface area (Å²) in [5, 5.41) is 13.2. The highest BCUT2D eigenvalue weighted by Gasteiger charge is 2.10. The minimum absolute atomic E-state index is 0.0688. The lowest BCUT2D eigenvalue weighted by Crippen LogP contribution is -2.26. The summed E-state index contributed by atoms with van der Waals surface area (Å²) in [5.74, 6) is 1.03. The number of amidine groups is 2. The van der Waals surface area contributed by atoms with Gasteiger partial charge in [0.25, 0.3) is 0 Å². The monoisotopic (exact) mass is 364 g/mol. The van der Waals surface area contributed by atoms with Gasteiger partial charge in [-0.1, -0.05) is 0 Å². The van der Waals surface area contributed by atoms with Crippen LogP contribution in [-0.4, -0.2) is 58.4 Å². The van der Waals surface area contributed by atoms with Gasteiger partial charge in [0.05, 0.1) is 5.88 Å². The van der Waals surface area contributed by atoms with Crippen molar-refractivity contribution in [1.82, 2.24) is 10.6 Å². The molecule has 0 unspecified atom stereocenters. The van der Waals surface area contributed by atoms with Crippen LogP contribution >= 0.6 is 33.0 Å². The molecule has 2 aliphatic rings. The third-order valence-corrected chi connectivity index (χ3v) is 1.92. The summed E-state index contributed by atoms with van der Waals surface area (Å²) >= 11 is 5.33. The largest absolute Gasteiger partial charge is 0.388 e. The van der Waals surface area contributed by atoms with E-state index in [1.54, 1.807) is 0 Å². The first-order chi connectivity index (χ1) is 9.38. The van der Waals surface area contributed by atoms with Crippen LogP contribution in [0, 0.1) is 0 Å². The number of hydrogen-bond acceptors (Lipinski definition) is 6. The van der Waals surface area contributed by atoms with Crippen molar-refractivity contribution in [1.29, 1.82) is 0 Å². The van der Waals surface area contributed by atoms with Crippen LogP contribution in [-0.2, 0) is 18.8 Å². The summed E-state index contributed by atoms with van der Waals surface area (Å²) in [6.07, 6.45) is 0. The fourth-order valence-corrected chi connectivity index (χ4v) is 1.13. The molecule has 0 fully saturated rings. The molecule has 0 atom stereocenters. The Morgan fingerprint density at radius 1 is 1.10 bits per heavy atom. The minimum Gasteiger partial charge on any atom is -0.388 e. The van der Waals surface area contributed by atoms with Crippen molar-refractivity contribution in [3.05, 3.63) is 0 Å². The predicted molar refractivity (Wildman–Crippen MR) is 78.5 cm³/mol. The van der Waals surface area contributed by atoms with Crippen LogP contribution in [0.25, 0.3) is 0 Å². The Balaban J connectivity index is 0.000000289. The van der Waals surface area contributed by atoms with Crippen molar-refractivity contribution in [2.45, 2.75) is 0 Å². The van der Waals surface area contributed by atoms with Crippen LogP contribution in [0.15, 0.2) is 9.98 Å². The molecule has 20 heavy (non-hydrogen) atoms. The zero-order valence-corrected chi connectivity index (χ0v) is 13.0. The molecular weight excluding hydrogens is 355 g/mol. The maximum absolute atomic E-state index is 10.3. The predicted octanol–water partition coefficient (Wildman–Crippen LogP) is -0.697. The van der Waals surface area contributed by atoms with Crippen LogP contribution in [0.3, 0.4) is 0 Å². The van der Waals surface area contributed by atoms with Gasteiger partial charge in [-0.3, -0.25) is 19.6 Å². The van der Waals surface area contributed by atoms with Gasteiger partial charge in [0.15, 0.2) is 0 Å². The molecule has 2 heterocycles. The molecular formula is C8H11Cl3N4O4S. The van der Waals surface area contributed by atoms with E-state index in [-0.39, 0.29) is 31.5 Å². The second-order valence-electron chi connectivity index (χ2n) is 3.10. The van der Waals surface area contributed by atoms with Crippen molar-refractivity contribution < 1.29 is 18.9 Å². The van der Waals surface area contributed by atoms with Gasteiger partial charge in [-0.25, -0.2) is 4.21 Å². The van der Waals surface area contributed by atoms with Gasteiger partial charge in [-0.2, -0.15) is 0 Å². The normalized spacial score (nSPS) is 16.2. The number of aliphatic imine (C=N–C) groups is 2. The van der Waals surface area contributed by atoms with Crippen LogP contribution in [0.5, 0.6) is 0 Å². The van der Waals surface area contributed by atoms with E-state index in [0.717, 1.165) is 0 Å². The topological polar surface area (TPSA) is 120 Å². The lowest BCUT2D eigenvalue weighted by atomic mass is 10.6. The van der Waals surface area contributed by atoms with Crippen LogP contribution in [0.2, 0.25) is 0 Å². The van der Waals surface area contributed by atoms with E-state index in [0.29, 0.717) is 17.6 Å². The fraction of sp³-hybridized carbons (Fsp3) is 0.500. The highest BCUT2D eigenvalue weighted by molar-refractivity contribution is 8.26. The van der Waals surface area contributed by atoms with Crippen LogP contribution in [0.4, 0.5) is 0 Å². The number of nitrogens with one attached hydrogen (secondary N) is 2. The van der Waals surface area contributed by atoms with Crippen molar-refractivity contribution in [3.8, 4) is 0 Å². The van der Waals surface area contributed by atoms with Crippen molar-refractivity contribution in [2.24, 2.45) is 9.98 Å². The fourth-order valence-electron chi connectivity index (χ4n) is 0.980. The number of rotatable bonds is 2. The SMILES string of the molecule is O=C1CN=C(CCl)N1.O=C1CN=C(CO)N1.O=S(Cl)Cl. The highest BCUT2D eigenvalue weighted by Crippen LogP contribution is 1.89. The summed E-state index contributed by atoms with van der Waals surface area (Å²) in [6.45, 7) is 0.226. The molecule has 0 spiro atoms. The van der Waals surface area contributed by atoms with E-state index < -0.39 is 9.23 Å². The number of aliphatic hydroxyl groups excluding tert-OH is 1. The molecule has 0 aromatic carbocycles. The number of nitrogens with zero attached hydrogens (tertiary/aromatic N) is 2. The molecule has 2 rings (SSSR count). The zero-order valence-electron chi connectivity index (χ0n) is 9.94. The van der Waals surface area contributed by atoms with Gasteiger partial charge in [-0.15, -0.1) is 11.6 Å². The molecule has 0 bridgehead atoms. The quantitative estimate of drug-likeness (QED) is 0.443. The molecule has 3 N–H and O–H groups in total. The lowest BCUT2D eigenvalue weighted by molar-refractivity contribution is -0.118. The summed E-state index contributed by atoms with van der Waals surface area (Å²) < 4.78 is 9.09. The Morgan fingerprint density at radius 3 is 1.65 bits per heavy atom. The first-order valence-corrected chi connectivity index (χ1v) is 8.30. The standard InChI is InChI=1S/C4H5ClN2O.C4H6N2O2.Cl2OS/c5-1-3-6-2-4(8)7-3;7-2-3-5-1-4(8)6-3;1-4(2)3/h1-2H2,(H,6,7,8);7H,1-2H2,(H,5,6,8);. The Morgan fingerprint density at radius 2 is 1.50 bits per heavy atom. The molecule has 2 amide bonds. The van der Waals surface area contributed by atoms with E-state index in [9.17, 15) is 9.59 Å². The van der Waals surface area contributed by atoms with Gasteiger partial charge in [0, 0.05) is 21.4 Å². The molecule has 12 heteroatoms. The maximum atomic E-state index is 10.3. The Hall–Kier alpha value is -0.740. The summed E-state index contributed by atoms with van der Waals surface area (Å²) in [6, 6.07) is 0. The van der Waals surface area contributed by atoms with E-state index >= 15 is 0 Å². The minimum atomic E-state index is -1.67. The van der Waals surface area contributed by atoms with Crippen LogP contribution in [0.1, 0.15) is 0 Å². The maximum Gasteiger partial charge on any atom is 0.247 e. The molecule has 0 radical (unpaired) electrons. The number of carbonyl (C=O) groups excluding carboxylic acids is 2. The number of carbonyl (C=O) groups is 2. The van der Waals surface area contributed by atoms with Crippen LogP contribution < -0.4 is 10.6 Å². The molecule has 0 aromatic rings. The Kier molecular flexibility index (Phi) is 10.6. The molecule has 2 aliphatic heterocycles. The van der Waals surface area contributed by atoms with Gasteiger partial charge < -0.3 is 15.7 Å². The van der Waals surface area contributed by atoms with Gasteiger partial charge in [0.2, 0.25) is 21.0 Å². The number of alkyl halides is 1. The third-order valence-electron chi connectivity index (χ3n) is 1.67. The second-order valence-corrected chi connectivity index (χ2v) is 5.89. The van der Waals surface area contributed by atoms with Gasteiger partial charge in [0.1, 0.15) is 31.4 Å². The lowest BCUT2D eigenvalue weighted by Gasteiger charge is -1.90. The highest BCUT2D eigenvalue weighted by atomic mass is 36.0. The van der Waals surface area contributed by atoms with E-state index in [4.69, 9.17) is 20.9 Å². The number of hydrogen-bond donors (Lipinski definition) is 3. The second kappa shape index (κ2) is 11.0. The van der Waals surface area contributed by atoms with Gasteiger partial charge >= 0.3 is 0 Å². The van der Waals surface area contributed by atoms with Crippen molar-refractivity contribution in [3.63, 3.8) is 0 Å². The summed E-state index contributed by atoms with van der Waals surface area (Å²) in [5.41, 5.74) is 0. The number of aliphatic hydroxyl groups is 1. The van der Waals surface area contributed by atoms with Crippen molar-refractivity contribution >= 4 is 65.7 Å².